The quantitative estimate of drug-likeness (QED) is 0.212. The van der Waals surface area contributed by atoms with E-state index in [9.17, 15) is 40.8 Å². The van der Waals surface area contributed by atoms with Gasteiger partial charge in [0.05, 0.1) is 53.0 Å². The number of methoxy groups -OCH3 is 1. The van der Waals surface area contributed by atoms with Crippen LogP contribution >= 0.6 is 0 Å². The fraction of sp³-hybridized carbons (Fsp3) is 0.659. The van der Waals surface area contributed by atoms with Crippen LogP contribution in [0.2, 0.25) is 0 Å². The molecule has 2 saturated carbocycles. The van der Waals surface area contributed by atoms with Crippen LogP contribution in [0.4, 0.5) is 13.2 Å². The minimum absolute atomic E-state index is 0.0170. The van der Waals surface area contributed by atoms with Crippen LogP contribution in [0.5, 0.6) is 11.8 Å². The first-order valence-electron chi connectivity index (χ1n) is 20.0. The number of allylic oxidation sites excluding steroid dienone is 2. The number of carbonyl (C=O) groups is 4. The van der Waals surface area contributed by atoms with Gasteiger partial charge in [0, 0.05) is 12.8 Å². The Morgan fingerprint density at radius 2 is 1.71 bits per heavy atom. The fourth-order valence-electron chi connectivity index (χ4n) is 8.36. The Morgan fingerprint density at radius 3 is 2.33 bits per heavy atom. The molecule has 0 bridgehead atoms. The fourth-order valence-corrected chi connectivity index (χ4v) is 9.69. The third kappa shape index (κ3) is 8.69. The number of alkyl halides is 3. The second kappa shape index (κ2) is 16.1. The lowest BCUT2D eigenvalue weighted by Crippen LogP contribution is -2.49. The molecule has 1 aromatic heterocycles. The number of ether oxygens (including phenoxy) is 3. The first kappa shape index (κ1) is 43.3. The molecule has 0 unspecified atom stereocenters. The number of benzene rings is 1. The van der Waals surface area contributed by atoms with Crippen LogP contribution in [0, 0.1) is 29.1 Å². The van der Waals surface area contributed by atoms with Gasteiger partial charge in [-0.15, -0.1) is 10.2 Å². The van der Waals surface area contributed by atoms with Gasteiger partial charge in [-0.25, -0.2) is 8.42 Å². The molecule has 4 aliphatic rings. The van der Waals surface area contributed by atoms with E-state index in [1.165, 1.54) is 12.0 Å². The van der Waals surface area contributed by atoms with Crippen LogP contribution in [0.15, 0.2) is 36.4 Å². The zero-order valence-electron chi connectivity index (χ0n) is 33.8. The van der Waals surface area contributed by atoms with E-state index < -0.39 is 91.8 Å². The van der Waals surface area contributed by atoms with Crippen molar-refractivity contribution in [3.8, 4) is 11.8 Å². The maximum atomic E-state index is 15.0. The van der Waals surface area contributed by atoms with E-state index in [-0.39, 0.29) is 43.5 Å². The molecule has 1 saturated heterocycles. The van der Waals surface area contributed by atoms with E-state index in [4.69, 9.17) is 14.2 Å². The second-order valence-corrected chi connectivity index (χ2v) is 19.5. The maximum absolute atomic E-state index is 15.0. The van der Waals surface area contributed by atoms with Gasteiger partial charge in [-0.3, -0.25) is 23.9 Å². The lowest BCUT2D eigenvalue weighted by molar-refractivity contribution is -0.257. The number of hydrogen-bond acceptors (Lipinski definition) is 11. The molecule has 58 heavy (non-hydrogen) atoms. The smallest absolute Gasteiger partial charge is 0.427 e. The third-order valence-electron chi connectivity index (χ3n) is 12.7. The molecule has 13 nitrogen and oxygen atoms in total. The van der Waals surface area contributed by atoms with E-state index >= 15 is 0 Å². The standard InChI is InChI=1S/C41H53F3N4O9S/c1-7-25-18-24(2)12-8-9-13-26-21-40(26,37(52)47-58(53,54)39(5)16-17-39)22-32(49)31-19-27(56-35-29-15-11-10-14-28(29)34(55-6)45-46-35)23-48(31)36(51)30(25)20-33(50)57-38(3,4)41(42,43)44/h9-11,13-15,24-27,30-31H,7-8,12,16-23H2,1-6H3,(H,47,52)/b13-9-/t24-,25-,26-,27-,30+,31+,40-/m1/s1. The van der Waals surface area contributed by atoms with E-state index in [0.29, 0.717) is 49.3 Å². The molecule has 1 aromatic carbocycles. The highest BCUT2D eigenvalue weighted by Gasteiger charge is 2.63. The number of aromatic nitrogens is 2. The molecule has 6 rings (SSSR count). The zero-order chi connectivity index (χ0) is 42.4. The highest BCUT2D eigenvalue weighted by atomic mass is 32.2. The summed E-state index contributed by atoms with van der Waals surface area (Å²) in [6.07, 6.45) is 0.125. The van der Waals surface area contributed by atoms with Crippen molar-refractivity contribution in [1.29, 1.82) is 0 Å². The minimum atomic E-state index is -4.87. The van der Waals surface area contributed by atoms with Crippen molar-refractivity contribution in [3.63, 3.8) is 0 Å². The second-order valence-electron chi connectivity index (χ2n) is 17.3. The highest BCUT2D eigenvalue weighted by molar-refractivity contribution is 7.91. The van der Waals surface area contributed by atoms with Crippen molar-refractivity contribution in [3.05, 3.63) is 36.4 Å². The van der Waals surface area contributed by atoms with Crippen molar-refractivity contribution >= 4 is 44.4 Å². The van der Waals surface area contributed by atoms with Gasteiger partial charge in [0.15, 0.2) is 5.78 Å². The van der Waals surface area contributed by atoms with Crippen molar-refractivity contribution in [2.45, 2.75) is 127 Å². The number of halogens is 3. The van der Waals surface area contributed by atoms with Crippen molar-refractivity contribution in [1.82, 2.24) is 19.8 Å². The number of amides is 2. The summed E-state index contributed by atoms with van der Waals surface area (Å²) in [5, 5.41) is 9.50. The SMILES string of the molecule is CC[C@@H]1C[C@H](C)CC/C=C\[C@@H]2C[C@@]2(C(=O)NS(=O)(=O)C2(C)CC2)CC(=O)[C@@H]2C[C@@H](Oc3nnc(OC)c4ccccc34)CN2C(=O)[C@H]1CC(=O)OC(C)(C)C(F)(F)F. The van der Waals surface area contributed by atoms with Gasteiger partial charge in [-0.1, -0.05) is 44.6 Å². The predicted octanol–water partition coefficient (Wildman–Crippen LogP) is 6.24. The molecule has 2 amide bonds. The van der Waals surface area contributed by atoms with Gasteiger partial charge in [-0.05, 0) is 89.2 Å². The van der Waals surface area contributed by atoms with Crippen molar-refractivity contribution in [2.75, 3.05) is 13.7 Å². The molecule has 2 aliphatic carbocycles. The molecular weight excluding hydrogens is 782 g/mol. The number of nitrogens with zero attached hydrogens (tertiary/aromatic N) is 3. The van der Waals surface area contributed by atoms with Crippen LogP contribution in [0.1, 0.15) is 98.8 Å². The number of Topliss-reactive ketones (excluding diaryl/α,β-unsaturated/α-hetero) is 1. The van der Waals surface area contributed by atoms with Gasteiger partial charge in [0.25, 0.3) is 0 Å². The molecule has 1 N–H and O–H groups in total. The van der Waals surface area contributed by atoms with Gasteiger partial charge in [0.1, 0.15) is 6.10 Å². The third-order valence-corrected chi connectivity index (χ3v) is 14.8. The zero-order valence-corrected chi connectivity index (χ0v) is 34.6. The number of carbonyl (C=O) groups excluding carboxylic acids is 4. The molecule has 2 aromatic rings. The molecule has 0 radical (unpaired) electrons. The summed E-state index contributed by atoms with van der Waals surface area (Å²) in [5.41, 5.74) is -4.21. The Kier molecular flexibility index (Phi) is 12.0. The van der Waals surface area contributed by atoms with Crippen molar-refractivity contribution < 1.29 is 55.0 Å². The number of rotatable bonds is 10. The van der Waals surface area contributed by atoms with Gasteiger partial charge >= 0.3 is 12.1 Å². The maximum Gasteiger partial charge on any atom is 0.427 e. The average molecular weight is 835 g/mol. The molecular formula is C41H53F3N4O9S. The Labute approximate surface area is 336 Å². The lowest BCUT2D eigenvalue weighted by Gasteiger charge is -2.34. The molecule has 17 heteroatoms. The van der Waals surface area contributed by atoms with E-state index in [1.807, 2.05) is 26.0 Å². The summed E-state index contributed by atoms with van der Waals surface area (Å²) in [5.74, 6) is -4.79. The summed E-state index contributed by atoms with van der Waals surface area (Å²) in [7, 11) is -2.59. The molecule has 0 spiro atoms. The number of ketones is 1. The van der Waals surface area contributed by atoms with Gasteiger partial charge < -0.3 is 19.1 Å². The average Bonchev–Trinajstić information content (AvgIpc) is 4.04. The monoisotopic (exact) mass is 834 g/mol. The lowest BCUT2D eigenvalue weighted by atomic mass is 9.79. The van der Waals surface area contributed by atoms with Crippen LogP contribution in [-0.2, 0) is 33.9 Å². The first-order valence-corrected chi connectivity index (χ1v) is 21.4. The Hall–Kier alpha value is -4.28. The van der Waals surface area contributed by atoms with Crippen LogP contribution in [0.25, 0.3) is 10.8 Å². The van der Waals surface area contributed by atoms with Crippen LogP contribution in [0.3, 0.4) is 0 Å². The van der Waals surface area contributed by atoms with Gasteiger partial charge in [-0.2, -0.15) is 13.2 Å². The van der Waals surface area contributed by atoms with Crippen LogP contribution < -0.4 is 14.2 Å². The number of fused-ring (bicyclic) bond motifs is 3. The summed E-state index contributed by atoms with van der Waals surface area (Å²) >= 11 is 0. The summed E-state index contributed by atoms with van der Waals surface area (Å²) in [4.78, 5) is 58.3. The highest BCUT2D eigenvalue weighted by Crippen LogP contribution is 2.58. The Bertz CT molecular complexity index is 2070. The molecule has 3 heterocycles. The molecule has 318 valence electrons. The van der Waals surface area contributed by atoms with E-state index in [2.05, 4.69) is 14.9 Å². The topological polar surface area (TPSA) is 171 Å². The summed E-state index contributed by atoms with van der Waals surface area (Å²) in [6.45, 7) is 6.73. The van der Waals surface area contributed by atoms with E-state index in [1.54, 1.807) is 31.2 Å². The number of nitrogens with one attached hydrogen (secondary N) is 1. The first-order chi connectivity index (χ1) is 27.1. The molecule has 2 aliphatic heterocycles. The Balaban J connectivity index is 1.37. The predicted molar refractivity (Wildman–Crippen MR) is 206 cm³/mol. The summed E-state index contributed by atoms with van der Waals surface area (Å²) < 4.78 is 85.8. The number of esters is 1. The number of sulfonamides is 1. The molecule has 3 fully saturated rings. The number of hydrogen-bond donors (Lipinski definition) is 1. The van der Waals surface area contributed by atoms with E-state index in [0.717, 1.165) is 13.8 Å². The van der Waals surface area contributed by atoms with Crippen molar-refractivity contribution in [2.24, 2.45) is 29.1 Å². The van der Waals surface area contributed by atoms with Crippen LogP contribution in [-0.4, -0.2) is 89.4 Å². The normalized spacial score (nSPS) is 29.6. The largest absolute Gasteiger partial charge is 0.479 e. The summed E-state index contributed by atoms with van der Waals surface area (Å²) in [6, 6.07) is 5.89. The van der Waals surface area contributed by atoms with Gasteiger partial charge in [0.2, 0.25) is 39.2 Å². The Morgan fingerprint density at radius 1 is 1.05 bits per heavy atom. The minimum Gasteiger partial charge on any atom is -0.479 e. The molecule has 7 atom stereocenters.